The van der Waals surface area contributed by atoms with Gasteiger partial charge in [-0.3, -0.25) is 9.69 Å². The first-order chi connectivity index (χ1) is 9.15. The quantitative estimate of drug-likeness (QED) is 0.818. The zero-order valence-electron chi connectivity index (χ0n) is 10.7. The van der Waals surface area contributed by atoms with E-state index in [2.05, 4.69) is 26.1 Å². The summed E-state index contributed by atoms with van der Waals surface area (Å²) in [5.74, 6) is -0.0521. The maximum absolute atomic E-state index is 12.3. The summed E-state index contributed by atoms with van der Waals surface area (Å²) in [6, 6.07) is 6.20. The third kappa shape index (κ3) is 2.49. The van der Waals surface area contributed by atoms with E-state index in [-0.39, 0.29) is 11.9 Å². The van der Waals surface area contributed by atoms with Gasteiger partial charge in [-0.05, 0) is 44.0 Å². The molecule has 0 bridgehead atoms. The van der Waals surface area contributed by atoms with Crippen LogP contribution in [0.15, 0.2) is 22.7 Å². The van der Waals surface area contributed by atoms with Crippen molar-refractivity contribution in [1.82, 2.24) is 10.2 Å². The number of benzene rings is 1. The lowest BCUT2D eigenvalue weighted by Gasteiger charge is -2.21. The number of nitrogen functional groups attached to an aromatic ring is 1. The summed E-state index contributed by atoms with van der Waals surface area (Å²) >= 11 is 3.35. The highest BCUT2D eigenvalue weighted by atomic mass is 79.9. The predicted octanol–water partition coefficient (Wildman–Crippen LogP) is 2.00. The second kappa shape index (κ2) is 5.13. The Morgan fingerprint density at radius 2 is 2.21 bits per heavy atom. The smallest absolute Gasteiger partial charge is 0.253 e. The molecule has 3 rings (SSSR count). The van der Waals surface area contributed by atoms with E-state index in [4.69, 9.17) is 5.73 Å². The van der Waals surface area contributed by atoms with E-state index in [1.165, 1.54) is 19.4 Å². The molecule has 5 heteroatoms. The van der Waals surface area contributed by atoms with Crippen molar-refractivity contribution in [3.05, 3.63) is 28.2 Å². The summed E-state index contributed by atoms with van der Waals surface area (Å²) < 4.78 is 0.893. The molecule has 2 atom stereocenters. The summed E-state index contributed by atoms with van der Waals surface area (Å²) in [5, 5.41) is 3.15. The molecule has 2 heterocycles. The molecule has 2 fully saturated rings. The SMILES string of the molecule is Nc1cc(Br)ccc1C(=O)NC1CCN2CCCC12. The third-order valence-electron chi connectivity index (χ3n) is 4.18. The monoisotopic (exact) mass is 323 g/mol. The van der Waals surface area contributed by atoms with Crippen molar-refractivity contribution in [2.45, 2.75) is 31.3 Å². The Morgan fingerprint density at radius 1 is 1.37 bits per heavy atom. The Hall–Kier alpha value is -1.07. The molecule has 0 spiro atoms. The van der Waals surface area contributed by atoms with E-state index in [1.54, 1.807) is 12.1 Å². The summed E-state index contributed by atoms with van der Waals surface area (Å²) in [6.07, 6.45) is 3.49. The Morgan fingerprint density at radius 3 is 3.00 bits per heavy atom. The van der Waals surface area contributed by atoms with E-state index < -0.39 is 0 Å². The van der Waals surface area contributed by atoms with Crippen molar-refractivity contribution in [2.24, 2.45) is 0 Å². The first-order valence-corrected chi connectivity index (χ1v) is 7.54. The number of nitrogens with one attached hydrogen (secondary N) is 1. The van der Waals surface area contributed by atoms with Crippen LogP contribution in [0.3, 0.4) is 0 Å². The van der Waals surface area contributed by atoms with Crippen molar-refractivity contribution < 1.29 is 4.79 Å². The second-order valence-electron chi connectivity index (χ2n) is 5.35. The number of fused-ring (bicyclic) bond motifs is 1. The van der Waals surface area contributed by atoms with Crippen LogP contribution in [-0.2, 0) is 0 Å². The molecule has 0 radical (unpaired) electrons. The van der Waals surface area contributed by atoms with Crippen LogP contribution < -0.4 is 11.1 Å². The Kier molecular flexibility index (Phi) is 3.50. The fourth-order valence-corrected chi connectivity index (χ4v) is 3.62. The van der Waals surface area contributed by atoms with Crippen molar-refractivity contribution in [3.8, 4) is 0 Å². The van der Waals surface area contributed by atoms with Crippen LogP contribution in [-0.4, -0.2) is 36.0 Å². The van der Waals surface area contributed by atoms with Crippen molar-refractivity contribution in [1.29, 1.82) is 0 Å². The van der Waals surface area contributed by atoms with Gasteiger partial charge in [0.25, 0.3) is 5.91 Å². The number of rotatable bonds is 2. The summed E-state index contributed by atoms with van der Waals surface area (Å²) in [7, 11) is 0. The lowest BCUT2D eigenvalue weighted by atomic mass is 10.1. The van der Waals surface area contributed by atoms with Crippen LogP contribution in [0.4, 0.5) is 5.69 Å². The molecule has 2 unspecified atom stereocenters. The molecule has 102 valence electrons. The maximum Gasteiger partial charge on any atom is 0.253 e. The van der Waals surface area contributed by atoms with Crippen LogP contribution in [0.1, 0.15) is 29.6 Å². The van der Waals surface area contributed by atoms with Crippen LogP contribution in [0.5, 0.6) is 0 Å². The zero-order valence-corrected chi connectivity index (χ0v) is 12.3. The number of hydrogen-bond donors (Lipinski definition) is 2. The fraction of sp³-hybridized carbons (Fsp3) is 0.500. The van der Waals surface area contributed by atoms with Gasteiger partial charge in [-0.25, -0.2) is 0 Å². The molecule has 0 aliphatic carbocycles. The molecule has 1 amide bonds. The average molecular weight is 324 g/mol. The van der Waals surface area contributed by atoms with Crippen molar-refractivity contribution >= 4 is 27.5 Å². The van der Waals surface area contributed by atoms with Gasteiger partial charge in [-0.2, -0.15) is 0 Å². The number of hydrogen-bond acceptors (Lipinski definition) is 3. The first-order valence-electron chi connectivity index (χ1n) is 6.75. The molecule has 3 N–H and O–H groups in total. The van der Waals surface area contributed by atoms with E-state index in [9.17, 15) is 4.79 Å². The van der Waals surface area contributed by atoms with E-state index in [0.29, 0.717) is 17.3 Å². The average Bonchev–Trinajstić information content (AvgIpc) is 2.94. The molecule has 2 saturated heterocycles. The minimum atomic E-state index is -0.0521. The molecule has 0 saturated carbocycles. The van der Waals surface area contributed by atoms with Gasteiger partial charge in [-0.1, -0.05) is 15.9 Å². The molecule has 2 aliphatic heterocycles. The number of nitrogens with zero attached hydrogens (tertiary/aromatic N) is 1. The molecule has 1 aromatic rings. The molecular formula is C14H18BrN3O. The Labute approximate surface area is 121 Å². The lowest BCUT2D eigenvalue weighted by Crippen LogP contribution is -2.42. The van der Waals surface area contributed by atoms with Gasteiger partial charge in [0.05, 0.1) is 5.56 Å². The van der Waals surface area contributed by atoms with Crippen LogP contribution in [0.25, 0.3) is 0 Å². The van der Waals surface area contributed by atoms with Gasteiger partial charge in [0.15, 0.2) is 0 Å². The normalized spacial score (nSPS) is 26.4. The first kappa shape index (κ1) is 12.9. The van der Waals surface area contributed by atoms with Crippen LogP contribution in [0.2, 0.25) is 0 Å². The van der Waals surface area contributed by atoms with E-state index in [1.807, 2.05) is 6.07 Å². The molecule has 2 aliphatic rings. The number of amides is 1. The zero-order chi connectivity index (χ0) is 13.4. The number of anilines is 1. The largest absolute Gasteiger partial charge is 0.398 e. The Bertz CT molecular complexity index is 505. The number of nitrogens with two attached hydrogens (primary N) is 1. The highest BCUT2D eigenvalue weighted by molar-refractivity contribution is 9.10. The van der Waals surface area contributed by atoms with Crippen molar-refractivity contribution in [2.75, 3.05) is 18.8 Å². The molecule has 4 nitrogen and oxygen atoms in total. The van der Waals surface area contributed by atoms with Crippen molar-refractivity contribution in [3.63, 3.8) is 0 Å². The minimum absolute atomic E-state index is 0.0521. The number of carbonyl (C=O) groups is 1. The van der Waals surface area contributed by atoms with Gasteiger partial charge in [-0.15, -0.1) is 0 Å². The summed E-state index contributed by atoms with van der Waals surface area (Å²) in [4.78, 5) is 14.8. The maximum atomic E-state index is 12.3. The van der Waals surface area contributed by atoms with E-state index >= 15 is 0 Å². The second-order valence-corrected chi connectivity index (χ2v) is 6.26. The highest BCUT2D eigenvalue weighted by Crippen LogP contribution is 2.28. The molecular weight excluding hydrogens is 306 g/mol. The van der Waals surface area contributed by atoms with E-state index in [0.717, 1.165) is 17.4 Å². The minimum Gasteiger partial charge on any atom is -0.398 e. The molecule has 19 heavy (non-hydrogen) atoms. The predicted molar refractivity (Wildman–Crippen MR) is 79.0 cm³/mol. The summed E-state index contributed by atoms with van der Waals surface area (Å²) in [5.41, 5.74) is 6.99. The topological polar surface area (TPSA) is 58.4 Å². The highest BCUT2D eigenvalue weighted by Gasteiger charge is 2.37. The standard InChI is InChI=1S/C14H18BrN3O/c15-9-3-4-10(11(16)8-9)14(19)17-12-5-7-18-6-1-2-13(12)18/h3-4,8,12-13H,1-2,5-7,16H2,(H,17,19). The van der Waals surface area contributed by atoms with Gasteiger partial charge < -0.3 is 11.1 Å². The van der Waals surface area contributed by atoms with Gasteiger partial charge in [0.1, 0.15) is 0 Å². The van der Waals surface area contributed by atoms with Gasteiger partial charge in [0.2, 0.25) is 0 Å². The van der Waals surface area contributed by atoms with Crippen LogP contribution in [0, 0.1) is 0 Å². The Balaban J connectivity index is 1.71. The van der Waals surface area contributed by atoms with Gasteiger partial charge in [0, 0.05) is 28.8 Å². The van der Waals surface area contributed by atoms with Crippen LogP contribution >= 0.6 is 15.9 Å². The van der Waals surface area contributed by atoms with Gasteiger partial charge >= 0.3 is 0 Å². The number of carbonyl (C=O) groups excluding carboxylic acids is 1. The lowest BCUT2D eigenvalue weighted by molar-refractivity contribution is 0.0930. The third-order valence-corrected chi connectivity index (χ3v) is 4.67. The molecule has 0 aromatic heterocycles. The number of halogens is 1. The molecule has 1 aromatic carbocycles. The summed E-state index contributed by atoms with van der Waals surface area (Å²) in [6.45, 7) is 2.28. The fourth-order valence-electron chi connectivity index (χ4n) is 3.24.